The molecule has 0 saturated heterocycles. The molecule has 0 heterocycles. The zero-order valence-electron chi connectivity index (χ0n) is 27.5. The van der Waals surface area contributed by atoms with Gasteiger partial charge in [-0.2, -0.15) is 0 Å². The second-order valence-electron chi connectivity index (χ2n) is 16.0. The highest BCUT2D eigenvalue weighted by Crippen LogP contribution is 2.62. The van der Waals surface area contributed by atoms with Gasteiger partial charge in [0, 0.05) is 11.6 Å². The molecule has 0 unspecified atom stereocenters. The lowest BCUT2D eigenvalue weighted by Gasteiger charge is -2.57. The first-order valence-electron chi connectivity index (χ1n) is 16.5. The van der Waals surface area contributed by atoms with Crippen LogP contribution >= 0.6 is 0 Å². The molecule has 4 bridgehead atoms. The highest BCUT2D eigenvalue weighted by molar-refractivity contribution is 5.90. The number of amides is 1. The molecule has 5 aliphatic carbocycles. The monoisotopic (exact) mass is 613 g/mol. The third-order valence-electron chi connectivity index (χ3n) is 9.74. The highest BCUT2D eigenvalue weighted by atomic mass is 16.6. The standard InChI is InChI=1S/C38H47NO6/c1-35(2,3)44-32(40)14-9-24-7-10-28(11-8-24)29-12-13-31(43-33(41)38(15-16-38)39-34(42)45-36(4,5)6)30(20-29)37-21-25-17-26(22-37)19-27(18-25)23-37/h7-14,20,25-27H,15-19,21-23H2,1-6H3,(H,39,42)/b14-9+. The number of nitrogens with one attached hydrogen (secondary N) is 1. The van der Waals surface area contributed by atoms with Gasteiger partial charge in [-0.15, -0.1) is 0 Å². The topological polar surface area (TPSA) is 90.9 Å². The Morgan fingerprint density at radius 2 is 1.33 bits per heavy atom. The van der Waals surface area contributed by atoms with Crippen LogP contribution in [0.5, 0.6) is 5.75 Å². The van der Waals surface area contributed by atoms with E-state index in [9.17, 15) is 14.4 Å². The summed E-state index contributed by atoms with van der Waals surface area (Å²) in [6.45, 7) is 11.0. The van der Waals surface area contributed by atoms with E-state index in [-0.39, 0.29) is 11.4 Å². The fourth-order valence-electron chi connectivity index (χ4n) is 8.14. The Labute approximate surface area is 267 Å². The quantitative estimate of drug-likeness (QED) is 0.193. The summed E-state index contributed by atoms with van der Waals surface area (Å²) in [6.07, 6.45) is 11.0. The van der Waals surface area contributed by atoms with Gasteiger partial charge in [0.25, 0.3) is 0 Å². The third kappa shape index (κ3) is 7.13. The van der Waals surface area contributed by atoms with E-state index in [2.05, 4.69) is 23.5 Å². The second-order valence-corrected chi connectivity index (χ2v) is 16.0. The first-order chi connectivity index (χ1) is 21.1. The molecule has 1 amide bonds. The minimum Gasteiger partial charge on any atom is -0.457 e. The normalized spacial score (nSPS) is 26.4. The van der Waals surface area contributed by atoms with E-state index >= 15 is 0 Å². The van der Waals surface area contributed by atoms with E-state index in [1.807, 2.05) is 45.0 Å². The summed E-state index contributed by atoms with van der Waals surface area (Å²) >= 11 is 0. The van der Waals surface area contributed by atoms with Crippen molar-refractivity contribution in [3.8, 4) is 16.9 Å². The predicted octanol–water partition coefficient (Wildman–Crippen LogP) is 8.14. The molecule has 5 saturated carbocycles. The minimum absolute atomic E-state index is 0.00816. The lowest BCUT2D eigenvalue weighted by Crippen LogP contribution is -2.49. The van der Waals surface area contributed by atoms with Gasteiger partial charge < -0.3 is 19.5 Å². The van der Waals surface area contributed by atoms with Crippen molar-refractivity contribution in [1.29, 1.82) is 0 Å². The molecule has 45 heavy (non-hydrogen) atoms. The molecule has 1 N–H and O–H groups in total. The largest absolute Gasteiger partial charge is 0.457 e. The van der Waals surface area contributed by atoms with Crippen LogP contribution < -0.4 is 10.1 Å². The fourth-order valence-corrected chi connectivity index (χ4v) is 8.14. The molecule has 5 aliphatic rings. The zero-order chi connectivity index (χ0) is 32.2. The maximum absolute atomic E-state index is 13.6. The number of ether oxygens (including phenoxy) is 3. The number of rotatable bonds is 7. The first-order valence-corrected chi connectivity index (χ1v) is 16.5. The van der Waals surface area contributed by atoms with E-state index in [0.29, 0.717) is 18.6 Å². The molecular formula is C38H47NO6. The van der Waals surface area contributed by atoms with Crippen LogP contribution in [-0.4, -0.2) is 34.8 Å². The van der Waals surface area contributed by atoms with Crippen molar-refractivity contribution >= 4 is 24.1 Å². The molecule has 2 aromatic rings. The molecule has 7 heteroatoms. The Morgan fingerprint density at radius 1 is 0.778 bits per heavy atom. The van der Waals surface area contributed by atoms with Gasteiger partial charge in [0.1, 0.15) is 22.5 Å². The number of carbonyl (C=O) groups excluding carboxylic acids is 3. The van der Waals surface area contributed by atoms with Crippen molar-refractivity contribution < 1.29 is 28.6 Å². The van der Waals surface area contributed by atoms with Crippen molar-refractivity contribution in [2.45, 2.75) is 115 Å². The number of esters is 2. The van der Waals surface area contributed by atoms with E-state index in [1.54, 1.807) is 26.8 Å². The second kappa shape index (κ2) is 11.3. The molecule has 0 atom stereocenters. The number of alkyl carbamates (subject to hydrolysis) is 1. The summed E-state index contributed by atoms with van der Waals surface area (Å²) in [5, 5.41) is 2.80. The SMILES string of the molecule is CC(C)(C)OC(=O)/C=C/c1ccc(-c2ccc(OC(=O)C3(NC(=O)OC(C)(C)C)CC3)c(C34CC5CC(CC(C5)C3)C4)c2)cc1. The lowest BCUT2D eigenvalue weighted by atomic mass is 9.48. The van der Waals surface area contributed by atoms with Gasteiger partial charge in [-0.25, -0.2) is 14.4 Å². The van der Waals surface area contributed by atoms with E-state index < -0.39 is 28.8 Å². The Kier molecular flexibility index (Phi) is 7.90. The lowest BCUT2D eigenvalue weighted by molar-refractivity contribution is -0.148. The molecule has 5 fully saturated rings. The van der Waals surface area contributed by atoms with Crippen molar-refractivity contribution in [1.82, 2.24) is 5.32 Å². The van der Waals surface area contributed by atoms with Crippen LogP contribution in [0.4, 0.5) is 4.79 Å². The molecule has 0 aliphatic heterocycles. The van der Waals surface area contributed by atoms with Gasteiger partial charge in [-0.1, -0.05) is 30.3 Å². The Hall–Kier alpha value is -3.61. The molecular weight excluding hydrogens is 566 g/mol. The maximum atomic E-state index is 13.6. The Morgan fingerprint density at radius 3 is 1.87 bits per heavy atom. The Balaban J connectivity index is 1.26. The van der Waals surface area contributed by atoms with Crippen LogP contribution in [0.25, 0.3) is 17.2 Å². The smallest absolute Gasteiger partial charge is 0.408 e. The number of hydrogen-bond acceptors (Lipinski definition) is 6. The van der Waals surface area contributed by atoms with Crippen molar-refractivity contribution in [2.24, 2.45) is 17.8 Å². The van der Waals surface area contributed by atoms with E-state index in [4.69, 9.17) is 14.2 Å². The summed E-state index contributed by atoms with van der Waals surface area (Å²) in [7, 11) is 0. The van der Waals surface area contributed by atoms with Crippen LogP contribution in [0.15, 0.2) is 48.5 Å². The van der Waals surface area contributed by atoms with Gasteiger partial charge in [0.2, 0.25) is 0 Å². The fraction of sp³-hybridized carbons (Fsp3) is 0.553. The number of hydrogen-bond donors (Lipinski definition) is 1. The first kappa shape index (κ1) is 31.4. The molecule has 7 nitrogen and oxygen atoms in total. The zero-order valence-corrected chi connectivity index (χ0v) is 27.5. The average molecular weight is 614 g/mol. The maximum Gasteiger partial charge on any atom is 0.408 e. The highest BCUT2D eigenvalue weighted by Gasteiger charge is 2.55. The number of carbonyl (C=O) groups is 3. The summed E-state index contributed by atoms with van der Waals surface area (Å²) in [6, 6.07) is 14.3. The molecule has 240 valence electrons. The van der Waals surface area contributed by atoms with Gasteiger partial charge in [-0.3, -0.25) is 0 Å². The van der Waals surface area contributed by atoms with E-state index in [0.717, 1.165) is 59.3 Å². The van der Waals surface area contributed by atoms with Gasteiger partial charge >= 0.3 is 18.0 Å². The van der Waals surface area contributed by atoms with Crippen LogP contribution in [0.1, 0.15) is 104 Å². The molecule has 0 radical (unpaired) electrons. The summed E-state index contributed by atoms with van der Waals surface area (Å²) in [4.78, 5) is 38.3. The van der Waals surface area contributed by atoms with Gasteiger partial charge in [0.05, 0.1) is 0 Å². The number of benzene rings is 2. The molecule has 0 spiro atoms. The minimum atomic E-state index is -1.04. The molecule has 2 aromatic carbocycles. The van der Waals surface area contributed by atoms with Crippen LogP contribution in [-0.2, 0) is 24.5 Å². The van der Waals surface area contributed by atoms with Crippen molar-refractivity contribution in [2.75, 3.05) is 0 Å². The van der Waals surface area contributed by atoms with Crippen LogP contribution in [0.2, 0.25) is 0 Å². The summed E-state index contributed by atoms with van der Waals surface area (Å²) < 4.78 is 17.0. The summed E-state index contributed by atoms with van der Waals surface area (Å²) in [5.41, 5.74) is 1.91. The third-order valence-corrected chi connectivity index (χ3v) is 9.74. The van der Waals surface area contributed by atoms with Crippen LogP contribution in [0.3, 0.4) is 0 Å². The van der Waals surface area contributed by atoms with Gasteiger partial charge in [0.15, 0.2) is 0 Å². The Bertz CT molecular complexity index is 1470. The average Bonchev–Trinajstić information content (AvgIpc) is 3.70. The predicted molar refractivity (Wildman–Crippen MR) is 174 cm³/mol. The van der Waals surface area contributed by atoms with Crippen molar-refractivity contribution in [3.05, 3.63) is 59.7 Å². The van der Waals surface area contributed by atoms with E-state index in [1.165, 1.54) is 25.3 Å². The molecule has 0 aromatic heterocycles. The van der Waals surface area contributed by atoms with Gasteiger partial charge in [-0.05, 0) is 151 Å². The summed E-state index contributed by atoms with van der Waals surface area (Å²) in [5.74, 6) is 1.99. The molecule has 7 rings (SSSR count). The van der Waals surface area contributed by atoms with Crippen LogP contribution in [0, 0.1) is 17.8 Å². The van der Waals surface area contributed by atoms with Crippen molar-refractivity contribution in [3.63, 3.8) is 0 Å².